The van der Waals surface area contributed by atoms with Crippen LogP contribution in [0.1, 0.15) is 85.6 Å². The topological polar surface area (TPSA) is 199 Å². The maximum absolute atomic E-state index is 13.1. The molecule has 7 rings (SSSR count). The lowest BCUT2D eigenvalue weighted by Crippen LogP contribution is -2.40. The number of benzene rings is 2. The summed E-state index contributed by atoms with van der Waals surface area (Å²) in [6.45, 7) is 0.205. The van der Waals surface area contributed by atoms with Crippen LogP contribution in [0.2, 0.25) is 0 Å². The van der Waals surface area contributed by atoms with Crippen LogP contribution in [0.3, 0.4) is 0 Å². The highest BCUT2D eigenvalue weighted by Crippen LogP contribution is 2.38. The van der Waals surface area contributed by atoms with Gasteiger partial charge in [-0.3, -0.25) is 19.2 Å². The number of nitrogens with zero attached hydrogens (tertiary/aromatic N) is 5. The van der Waals surface area contributed by atoms with Crippen LogP contribution in [-0.4, -0.2) is 42.4 Å². The second-order valence-electron chi connectivity index (χ2n) is 11.1. The third-order valence-corrected chi connectivity index (χ3v) is 8.57. The van der Waals surface area contributed by atoms with Crippen molar-refractivity contribution in [1.82, 2.24) is 41.2 Å². The Bertz CT molecular complexity index is 2000. The number of rotatable bonds is 7. The number of carbonyl (C=O) groups excluding carboxylic acids is 2. The summed E-state index contributed by atoms with van der Waals surface area (Å²) in [6, 6.07) is 12.9. The van der Waals surface area contributed by atoms with Crippen LogP contribution < -0.4 is 27.2 Å². The van der Waals surface area contributed by atoms with Crippen molar-refractivity contribution in [3.8, 4) is 11.4 Å². The Morgan fingerprint density at radius 3 is 2.55 bits per heavy atom. The Labute approximate surface area is 250 Å². The normalized spacial score (nSPS) is 17.2. The minimum atomic E-state index is -0.614. The first-order chi connectivity index (χ1) is 21.4. The fourth-order valence-corrected chi connectivity index (χ4v) is 6.33. The van der Waals surface area contributed by atoms with Gasteiger partial charge in [-0.05, 0) is 71.2 Å². The fourth-order valence-electron chi connectivity index (χ4n) is 6.33. The van der Waals surface area contributed by atoms with Gasteiger partial charge < -0.3 is 16.4 Å². The number of H-pyrrole nitrogens is 1. The van der Waals surface area contributed by atoms with Gasteiger partial charge in [0.05, 0.1) is 11.7 Å². The minimum absolute atomic E-state index is 0.0573. The predicted molar refractivity (Wildman–Crippen MR) is 158 cm³/mol. The maximum atomic E-state index is 13.1. The van der Waals surface area contributed by atoms with Gasteiger partial charge in [-0.25, -0.2) is 9.97 Å². The molecule has 2 aliphatic rings. The highest BCUT2D eigenvalue weighted by Gasteiger charge is 2.31. The van der Waals surface area contributed by atoms with Gasteiger partial charge in [0.15, 0.2) is 0 Å². The first kappa shape index (κ1) is 27.3. The van der Waals surface area contributed by atoms with Crippen LogP contribution in [0, 0.1) is 0 Å². The van der Waals surface area contributed by atoms with E-state index in [2.05, 4.69) is 41.2 Å². The molecule has 0 aliphatic heterocycles. The van der Waals surface area contributed by atoms with Crippen molar-refractivity contribution in [3.05, 3.63) is 114 Å². The van der Waals surface area contributed by atoms with Crippen molar-refractivity contribution in [3.63, 3.8) is 0 Å². The Hall–Kier alpha value is -5.59. The lowest BCUT2D eigenvalue weighted by atomic mass is 9.76. The maximum Gasteiger partial charge on any atom is 0.270 e. The number of aromatic nitrogens is 6. The fraction of sp³-hybridized carbons (Fsp3) is 0.258. The van der Waals surface area contributed by atoms with Gasteiger partial charge in [-0.1, -0.05) is 30.3 Å². The third kappa shape index (κ3) is 4.81. The largest absolute Gasteiger partial charge is 0.395 e. The number of carbonyl (C=O) groups is 2. The molecule has 3 aromatic carbocycles. The smallest absolute Gasteiger partial charge is 0.270 e. The summed E-state index contributed by atoms with van der Waals surface area (Å²) >= 11 is 0. The summed E-state index contributed by atoms with van der Waals surface area (Å²) in [5, 5.41) is 20.0. The molecule has 220 valence electrons. The molecule has 0 fully saturated rings. The molecular formula is C31H27N9O4. The first-order valence-corrected chi connectivity index (χ1v) is 14.4. The predicted octanol–water partition coefficient (Wildman–Crippen LogP) is 1.65. The molecule has 44 heavy (non-hydrogen) atoms. The van der Waals surface area contributed by atoms with E-state index < -0.39 is 22.7 Å². The number of tetrazole rings is 1. The van der Waals surface area contributed by atoms with E-state index in [4.69, 9.17) is 5.73 Å². The standard InChI is InChI=1S/C31H27N9O4/c32-26-25(27(41)28(26)42)20-3-1-2-16-5-4-15(10-21(16)20)13-33-30(43)23-12-24(35-14-34-23)31(44)36-22-9-7-17-11-18(6-8-19(17)22)29-37-39-40-38-29/h4-6,8,10-12,14,20,22H,1-3,7,9,13,32H2,(H,33,43)(H,36,44)(H,37,38,39,40)/t20?,22-/m0/s1. The SMILES string of the molecule is Nc1c(C2CCCc3ccc(CNC(=O)c4cc(C(=O)N[C@H]5CCc6cc(-c7nn[nH]n7)ccc65)ncn4)cc32)c(=O)c1=O. The number of hydrogen-bond acceptors (Lipinski definition) is 10. The van der Waals surface area contributed by atoms with Crippen molar-refractivity contribution in [2.75, 3.05) is 5.73 Å². The number of nitrogens with two attached hydrogens (primary N) is 1. The van der Waals surface area contributed by atoms with E-state index in [1.807, 2.05) is 36.4 Å². The quantitative estimate of drug-likeness (QED) is 0.202. The van der Waals surface area contributed by atoms with Crippen LogP contribution >= 0.6 is 0 Å². The lowest BCUT2D eigenvalue weighted by Gasteiger charge is -2.27. The summed E-state index contributed by atoms with van der Waals surface area (Å²) in [5.41, 5.74) is 11.2. The van der Waals surface area contributed by atoms with Crippen LogP contribution in [0.4, 0.5) is 5.69 Å². The highest BCUT2D eigenvalue weighted by molar-refractivity contribution is 5.97. The molecule has 2 atom stereocenters. The molecule has 0 bridgehead atoms. The Balaban J connectivity index is 1.01. The van der Waals surface area contributed by atoms with Crippen LogP contribution in [0.5, 0.6) is 0 Å². The molecule has 5 N–H and O–H groups in total. The zero-order valence-electron chi connectivity index (χ0n) is 23.5. The van der Waals surface area contributed by atoms with Gasteiger partial charge in [0.2, 0.25) is 16.7 Å². The van der Waals surface area contributed by atoms with Gasteiger partial charge in [0.25, 0.3) is 11.8 Å². The summed E-state index contributed by atoms with van der Waals surface area (Å²) < 4.78 is 0. The molecule has 0 radical (unpaired) electrons. The first-order valence-electron chi connectivity index (χ1n) is 14.4. The molecule has 5 aromatic rings. The van der Waals surface area contributed by atoms with Crippen LogP contribution in [0.25, 0.3) is 11.4 Å². The molecule has 2 heterocycles. The Morgan fingerprint density at radius 2 is 1.75 bits per heavy atom. The minimum Gasteiger partial charge on any atom is -0.395 e. The Kier molecular flexibility index (Phi) is 6.76. The number of nitrogens with one attached hydrogen (secondary N) is 3. The molecule has 0 spiro atoms. The van der Waals surface area contributed by atoms with Gasteiger partial charge in [-0.15, -0.1) is 10.2 Å². The molecule has 0 saturated carbocycles. The monoisotopic (exact) mass is 589 g/mol. The van der Waals surface area contributed by atoms with E-state index in [0.29, 0.717) is 11.4 Å². The van der Waals surface area contributed by atoms with E-state index in [1.54, 1.807) is 0 Å². The van der Waals surface area contributed by atoms with Crippen molar-refractivity contribution >= 4 is 17.5 Å². The van der Waals surface area contributed by atoms with E-state index in [0.717, 1.165) is 65.5 Å². The summed E-state index contributed by atoms with van der Waals surface area (Å²) in [5.74, 6) is -0.571. The van der Waals surface area contributed by atoms with Gasteiger partial charge in [0, 0.05) is 29.7 Å². The number of aromatic amines is 1. The number of amides is 2. The summed E-state index contributed by atoms with van der Waals surface area (Å²) in [7, 11) is 0. The van der Waals surface area contributed by atoms with E-state index in [-0.39, 0.29) is 35.6 Å². The van der Waals surface area contributed by atoms with Crippen molar-refractivity contribution in [2.24, 2.45) is 0 Å². The molecule has 13 heteroatoms. The zero-order valence-corrected chi connectivity index (χ0v) is 23.5. The number of fused-ring (bicyclic) bond motifs is 2. The van der Waals surface area contributed by atoms with Crippen LogP contribution in [-0.2, 0) is 19.4 Å². The molecule has 1 unspecified atom stereocenters. The molecule has 2 amide bonds. The number of aryl methyl sites for hydroxylation is 2. The molecule has 2 aromatic heterocycles. The molecule has 2 aliphatic carbocycles. The zero-order chi connectivity index (χ0) is 30.4. The molecule has 13 nitrogen and oxygen atoms in total. The van der Waals surface area contributed by atoms with Crippen molar-refractivity contribution in [2.45, 2.75) is 50.6 Å². The van der Waals surface area contributed by atoms with E-state index in [9.17, 15) is 19.2 Å². The average Bonchev–Trinajstić information content (AvgIpc) is 3.74. The molecular weight excluding hydrogens is 562 g/mol. The van der Waals surface area contributed by atoms with E-state index in [1.165, 1.54) is 12.4 Å². The summed E-state index contributed by atoms with van der Waals surface area (Å²) in [6.07, 6.45) is 5.20. The van der Waals surface area contributed by atoms with Crippen LogP contribution in [0.15, 0.2) is 58.4 Å². The van der Waals surface area contributed by atoms with Gasteiger partial charge in [0.1, 0.15) is 17.7 Å². The van der Waals surface area contributed by atoms with Gasteiger partial charge >= 0.3 is 0 Å². The second kappa shape index (κ2) is 10.9. The molecule has 0 saturated heterocycles. The van der Waals surface area contributed by atoms with Crippen molar-refractivity contribution in [1.29, 1.82) is 0 Å². The number of anilines is 1. The third-order valence-electron chi connectivity index (χ3n) is 8.57. The Morgan fingerprint density at radius 1 is 0.909 bits per heavy atom. The highest BCUT2D eigenvalue weighted by atomic mass is 16.2. The van der Waals surface area contributed by atoms with E-state index >= 15 is 0 Å². The second-order valence-corrected chi connectivity index (χ2v) is 11.1. The number of hydrogen-bond donors (Lipinski definition) is 4. The lowest BCUT2D eigenvalue weighted by molar-refractivity contribution is 0.0931. The van der Waals surface area contributed by atoms with Gasteiger partial charge in [-0.2, -0.15) is 5.21 Å². The van der Waals surface area contributed by atoms with Crippen molar-refractivity contribution < 1.29 is 9.59 Å². The average molecular weight is 590 g/mol. The number of nitrogen functional groups attached to an aromatic ring is 1. The summed E-state index contributed by atoms with van der Waals surface area (Å²) in [4.78, 5) is 58.3.